The van der Waals surface area contributed by atoms with Crippen molar-refractivity contribution in [2.24, 2.45) is 0 Å². The van der Waals surface area contributed by atoms with Crippen molar-refractivity contribution in [1.29, 1.82) is 0 Å². The molecule has 1 rings (SSSR count). The average molecular weight is 167 g/mol. The summed E-state index contributed by atoms with van der Waals surface area (Å²) in [4.78, 5) is 0. The van der Waals surface area contributed by atoms with Gasteiger partial charge in [-0.2, -0.15) is 0 Å². The Morgan fingerprint density at radius 3 is 2.80 bits per heavy atom. The summed E-state index contributed by atoms with van der Waals surface area (Å²) in [5, 5.41) is 8.75. The van der Waals surface area contributed by atoms with E-state index in [1.165, 1.54) is 0 Å². The molecule has 3 nitrogen and oxygen atoms in total. The summed E-state index contributed by atoms with van der Waals surface area (Å²) in [6.45, 7) is 2.04. The molecule has 1 N–H and O–H groups in total. The van der Waals surface area contributed by atoms with Gasteiger partial charge in [-0.3, -0.25) is 0 Å². The van der Waals surface area contributed by atoms with E-state index in [1.807, 2.05) is 0 Å². The summed E-state index contributed by atoms with van der Waals surface area (Å²) in [5.74, 6) is -0.408. The molecule has 0 aromatic heterocycles. The Bertz CT molecular complexity index is 120. The predicted octanol–water partition coefficient (Wildman–Crippen LogP) is 0.349. The molecule has 4 heteroatoms. The average Bonchev–Trinajstić information content (AvgIpc) is 2.33. The zero-order chi connectivity index (χ0) is 7.61. The highest BCUT2D eigenvalue weighted by molar-refractivity contribution is 6.18. The van der Waals surface area contributed by atoms with Crippen molar-refractivity contribution in [3.8, 4) is 0 Å². The second kappa shape index (κ2) is 3.05. The van der Waals surface area contributed by atoms with Gasteiger partial charge in [0.15, 0.2) is 5.79 Å². The minimum absolute atomic E-state index is 0.0705. The van der Waals surface area contributed by atoms with E-state index in [-0.39, 0.29) is 12.7 Å². The molecule has 0 spiro atoms. The number of hydrogen-bond acceptors (Lipinski definition) is 3. The summed E-state index contributed by atoms with van der Waals surface area (Å²) in [5.41, 5.74) is 0. The third kappa shape index (κ3) is 1.61. The first-order chi connectivity index (χ1) is 4.70. The van der Waals surface area contributed by atoms with Gasteiger partial charge in [0.05, 0.1) is 25.2 Å². The van der Waals surface area contributed by atoms with Crippen LogP contribution in [-0.4, -0.2) is 36.1 Å². The van der Waals surface area contributed by atoms with Gasteiger partial charge >= 0.3 is 0 Å². The highest BCUT2D eigenvalue weighted by Gasteiger charge is 2.35. The van der Waals surface area contributed by atoms with Crippen LogP contribution in [0.4, 0.5) is 0 Å². The van der Waals surface area contributed by atoms with Crippen LogP contribution in [0.3, 0.4) is 0 Å². The van der Waals surface area contributed by atoms with E-state index < -0.39 is 5.79 Å². The molecule has 1 heterocycles. The minimum atomic E-state index is -0.820. The van der Waals surface area contributed by atoms with Crippen LogP contribution in [0.15, 0.2) is 0 Å². The van der Waals surface area contributed by atoms with Crippen LogP contribution in [0, 0.1) is 0 Å². The zero-order valence-corrected chi connectivity index (χ0v) is 6.60. The zero-order valence-electron chi connectivity index (χ0n) is 5.84. The second-order valence-electron chi connectivity index (χ2n) is 2.50. The first-order valence-electron chi connectivity index (χ1n) is 3.19. The first-order valence-corrected chi connectivity index (χ1v) is 3.72. The topological polar surface area (TPSA) is 38.7 Å². The quantitative estimate of drug-likeness (QED) is 0.602. The fourth-order valence-corrected chi connectivity index (χ4v) is 1.00. The van der Waals surface area contributed by atoms with Gasteiger partial charge in [-0.1, -0.05) is 0 Å². The molecule has 0 bridgehead atoms. The summed E-state index contributed by atoms with van der Waals surface area (Å²) < 4.78 is 10.4. The van der Waals surface area contributed by atoms with Crippen LogP contribution in [0.2, 0.25) is 0 Å². The molecule has 2 unspecified atom stereocenters. The highest BCUT2D eigenvalue weighted by atomic mass is 35.5. The smallest absolute Gasteiger partial charge is 0.189 e. The number of hydrogen-bond donors (Lipinski definition) is 1. The van der Waals surface area contributed by atoms with E-state index in [2.05, 4.69) is 0 Å². The Balaban J connectivity index is 2.41. The van der Waals surface area contributed by atoms with E-state index in [1.54, 1.807) is 6.92 Å². The van der Waals surface area contributed by atoms with Crippen molar-refractivity contribution >= 4 is 11.6 Å². The molecule has 0 amide bonds. The Labute approximate surface area is 64.9 Å². The van der Waals surface area contributed by atoms with Gasteiger partial charge in [0.2, 0.25) is 0 Å². The van der Waals surface area contributed by atoms with Gasteiger partial charge < -0.3 is 14.6 Å². The summed E-state index contributed by atoms with van der Waals surface area (Å²) in [6, 6.07) is 0. The van der Waals surface area contributed by atoms with Crippen LogP contribution in [0.25, 0.3) is 0 Å². The van der Waals surface area contributed by atoms with Gasteiger partial charge in [-0.15, -0.1) is 11.6 Å². The van der Waals surface area contributed by atoms with E-state index in [0.29, 0.717) is 12.5 Å². The van der Waals surface area contributed by atoms with Crippen molar-refractivity contribution in [3.63, 3.8) is 0 Å². The molecule has 0 radical (unpaired) electrons. The molecular weight excluding hydrogens is 156 g/mol. The summed E-state index contributed by atoms with van der Waals surface area (Å²) >= 11 is 5.51. The Hall–Kier alpha value is 0.170. The van der Waals surface area contributed by atoms with Crippen LogP contribution >= 0.6 is 11.6 Å². The molecule has 1 aliphatic rings. The molecule has 2 atom stereocenters. The fourth-order valence-electron chi connectivity index (χ4n) is 0.849. The van der Waals surface area contributed by atoms with Crippen molar-refractivity contribution in [1.82, 2.24) is 0 Å². The van der Waals surface area contributed by atoms with Crippen LogP contribution < -0.4 is 0 Å². The third-order valence-corrected chi connectivity index (χ3v) is 1.79. The number of alkyl halides is 1. The lowest BCUT2D eigenvalue weighted by atomic mass is 10.3. The van der Waals surface area contributed by atoms with Gasteiger partial charge in [0.1, 0.15) is 0 Å². The van der Waals surface area contributed by atoms with Gasteiger partial charge in [0, 0.05) is 0 Å². The van der Waals surface area contributed by atoms with Gasteiger partial charge in [0.25, 0.3) is 0 Å². The van der Waals surface area contributed by atoms with Gasteiger partial charge in [-0.05, 0) is 6.92 Å². The Morgan fingerprint density at radius 2 is 2.50 bits per heavy atom. The summed E-state index contributed by atoms with van der Waals surface area (Å²) in [7, 11) is 0. The standard InChI is InChI=1S/C6H11ClO3/c1-6(4-8)9-3-5(2-7)10-6/h5,8H,2-4H2,1H3. The molecule has 1 saturated heterocycles. The van der Waals surface area contributed by atoms with Gasteiger partial charge in [-0.25, -0.2) is 0 Å². The molecule has 0 aromatic rings. The molecule has 0 aromatic carbocycles. The molecule has 0 aliphatic carbocycles. The third-order valence-electron chi connectivity index (χ3n) is 1.45. The normalized spacial score (nSPS) is 40.5. The monoisotopic (exact) mass is 166 g/mol. The lowest BCUT2D eigenvalue weighted by Crippen LogP contribution is -2.31. The maximum atomic E-state index is 8.75. The number of aliphatic hydroxyl groups is 1. The Morgan fingerprint density at radius 1 is 1.80 bits per heavy atom. The second-order valence-corrected chi connectivity index (χ2v) is 2.81. The maximum Gasteiger partial charge on any atom is 0.189 e. The highest BCUT2D eigenvalue weighted by Crippen LogP contribution is 2.22. The van der Waals surface area contributed by atoms with Crippen LogP contribution in [0.1, 0.15) is 6.92 Å². The van der Waals surface area contributed by atoms with Crippen molar-refractivity contribution in [3.05, 3.63) is 0 Å². The van der Waals surface area contributed by atoms with Crippen molar-refractivity contribution in [2.45, 2.75) is 18.8 Å². The van der Waals surface area contributed by atoms with Crippen LogP contribution in [0.5, 0.6) is 0 Å². The molecule has 1 aliphatic heterocycles. The molecule has 0 saturated carbocycles. The maximum absolute atomic E-state index is 8.75. The van der Waals surface area contributed by atoms with E-state index in [0.717, 1.165) is 0 Å². The predicted molar refractivity (Wildman–Crippen MR) is 37.0 cm³/mol. The number of halogens is 1. The lowest BCUT2D eigenvalue weighted by Gasteiger charge is -2.19. The van der Waals surface area contributed by atoms with E-state index in [4.69, 9.17) is 26.2 Å². The Kier molecular flexibility index (Phi) is 2.52. The lowest BCUT2D eigenvalue weighted by molar-refractivity contribution is -0.176. The van der Waals surface area contributed by atoms with Crippen LogP contribution in [-0.2, 0) is 9.47 Å². The number of rotatable bonds is 2. The largest absolute Gasteiger partial charge is 0.391 e. The van der Waals surface area contributed by atoms with E-state index >= 15 is 0 Å². The van der Waals surface area contributed by atoms with E-state index in [9.17, 15) is 0 Å². The fraction of sp³-hybridized carbons (Fsp3) is 1.00. The molecular formula is C6H11ClO3. The SMILES string of the molecule is CC1(CO)OCC(CCl)O1. The van der Waals surface area contributed by atoms with Crippen molar-refractivity contribution < 1.29 is 14.6 Å². The number of ether oxygens (including phenoxy) is 2. The first kappa shape index (κ1) is 8.27. The molecule has 10 heavy (non-hydrogen) atoms. The summed E-state index contributed by atoms with van der Waals surface area (Å²) in [6.07, 6.45) is -0.0705. The minimum Gasteiger partial charge on any atom is -0.391 e. The molecule has 60 valence electrons. The number of aliphatic hydroxyl groups excluding tert-OH is 1. The van der Waals surface area contributed by atoms with Crippen molar-refractivity contribution in [2.75, 3.05) is 19.1 Å². The molecule has 1 fully saturated rings.